The van der Waals surface area contributed by atoms with Crippen molar-refractivity contribution in [3.63, 3.8) is 0 Å². The van der Waals surface area contributed by atoms with Gasteiger partial charge in [-0.3, -0.25) is 4.79 Å². The van der Waals surface area contributed by atoms with Gasteiger partial charge in [0.25, 0.3) is 5.91 Å². The van der Waals surface area contributed by atoms with Gasteiger partial charge in [-0.2, -0.15) is 5.26 Å². The Hall–Kier alpha value is -2.71. The average molecular weight is 344 g/mol. The first-order chi connectivity index (χ1) is 11.6. The normalized spacial score (nSPS) is 11.0. The van der Waals surface area contributed by atoms with Gasteiger partial charge >= 0.3 is 0 Å². The lowest BCUT2D eigenvalue weighted by Gasteiger charge is -2.16. The number of furan rings is 1. The molecule has 0 atom stereocenters. The van der Waals surface area contributed by atoms with Gasteiger partial charge in [-0.1, -0.05) is 23.7 Å². The van der Waals surface area contributed by atoms with Crippen LogP contribution in [0.2, 0.25) is 5.02 Å². The van der Waals surface area contributed by atoms with Gasteiger partial charge in [0, 0.05) is 25.2 Å². The molecule has 1 amide bonds. The lowest BCUT2D eigenvalue weighted by atomic mass is 10.2. The number of nitrogens with zero attached hydrogens (tertiary/aromatic N) is 2. The smallest absolute Gasteiger partial charge is 0.266 e. The first-order valence-electron chi connectivity index (χ1n) is 7.61. The Balaban J connectivity index is 2.19. The molecule has 0 saturated heterocycles. The van der Waals surface area contributed by atoms with Crippen LogP contribution in [0.1, 0.15) is 19.6 Å². The van der Waals surface area contributed by atoms with Gasteiger partial charge in [-0.25, -0.2) is 0 Å². The van der Waals surface area contributed by atoms with Crippen molar-refractivity contribution < 1.29 is 9.21 Å². The van der Waals surface area contributed by atoms with E-state index < -0.39 is 5.91 Å². The van der Waals surface area contributed by atoms with Crippen molar-refractivity contribution in [2.75, 3.05) is 23.3 Å². The molecule has 0 aliphatic carbocycles. The summed E-state index contributed by atoms with van der Waals surface area (Å²) in [5.41, 5.74) is 0.393. The molecule has 1 heterocycles. The largest absolute Gasteiger partial charge is 0.441 e. The van der Waals surface area contributed by atoms with E-state index >= 15 is 0 Å². The van der Waals surface area contributed by atoms with Crippen molar-refractivity contribution in [3.05, 3.63) is 52.8 Å². The van der Waals surface area contributed by atoms with Crippen molar-refractivity contribution in [2.24, 2.45) is 0 Å². The van der Waals surface area contributed by atoms with Crippen molar-refractivity contribution >= 4 is 35.2 Å². The molecule has 0 unspecified atom stereocenters. The van der Waals surface area contributed by atoms with E-state index in [1.54, 1.807) is 30.3 Å². The number of benzene rings is 1. The minimum Gasteiger partial charge on any atom is -0.441 e. The molecular formula is C18H18ClN3O2. The Labute approximate surface area is 146 Å². The molecule has 24 heavy (non-hydrogen) atoms. The first kappa shape index (κ1) is 17.6. The van der Waals surface area contributed by atoms with E-state index in [9.17, 15) is 10.1 Å². The van der Waals surface area contributed by atoms with E-state index in [1.165, 1.54) is 6.08 Å². The molecule has 0 aliphatic rings. The average Bonchev–Trinajstić information content (AvgIpc) is 3.04. The zero-order valence-corrected chi connectivity index (χ0v) is 14.3. The summed E-state index contributed by atoms with van der Waals surface area (Å²) in [5.74, 6) is 0.615. The molecule has 0 fully saturated rings. The monoisotopic (exact) mass is 343 g/mol. The van der Waals surface area contributed by atoms with Crippen LogP contribution in [0.15, 0.2) is 46.4 Å². The molecule has 124 valence electrons. The fraction of sp³-hybridized carbons (Fsp3) is 0.222. The summed E-state index contributed by atoms with van der Waals surface area (Å²) in [6.07, 6.45) is 1.42. The quantitative estimate of drug-likeness (QED) is 0.626. The number of carbonyl (C=O) groups is 1. The number of nitrogens with one attached hydrogen (secondary N) is 1. The minimum atomic E-state index is -0.536. The zero-order valence-electron chi connectivity index (χ0n) is 13.5. The number of carbonyl (C=O) groups excluding carboxylic acids is 1. The second-order valence-electron chi connectivity index (χ2n) is 4.95. The van der Waals surface area contributed by atoms with Gasteiger partial charge in [0.2, 0.25) is 0 Å². The van der Waals surface area contributed by atoms with Crippen LogP contribution in [0.5, 0.6) is 0 Å². The van der Waals surface area contributed by atoms with Crippen LogP contribution >= 0.6 is 11.6 Å². The molecule has 0 aliphatic heterocycles. The Morgan fingerprint density at radius 3 is 2.62 bits per heavy atom. The van der Waals surface area contributed by atoms with Gasteiger partial charge < -0.3 is 14.6 Å². The molecular weight excluding hydrogens is 326 g/mol. The van der Waals surface area contributed by atoms with Crippen LogP contribution in [0.3, 0.4) is 0 Å². The Bertz CT molecular complexity index is 786. The molecule has 6 heteroatoms. The number of nitriles is 1. The molecule has 5 nitrogen and oxygen atoms in total. The van der Waals surface area contributed by atoms with Gasteiger partial charge in [0.05, 0.1) is 10.7 Å². The third-order valence-corrected chi connectivity index (χ3v) is 3.79. The predicted octanol–water partition coefficient (Wildman–Crippen LogP) is 4.32. The standard InChI is InChI=1S/C18H18ClN3O2/c1-3-22(4-2)17-10-9-14(24-17)11-13(12-20)18(23)21-16-8-6-5-7-15(16)19/h5-11H,3-4H2,1-2H3,(H,21,23)/b13-11-. The Morgan fingerprint density at radius 1 is 1.29 bits per heavy atom. The van der Waals surface area contributed by atoms with Crippen LogP contribution in [-0.4, -0.2) is 19.0 Å². The molecule has 2 rings (SSSR count). The molecule has 0 saturated carbocycles. The van der Waals surface area contributed by atoms with Gasteiger partial charge in [-0.15, -0.1) is 0 Å². The van der Waals surface area contributed by atoms with Gasteiger partial charge in [-0.05, 0) is 32.0 Å². The fourth-order valence-electron chi connectivity index (χ4n) is 2.17. The SMILES string of the molecule is CCN(CC)c1ccc(/C=C(/C#N)C(=O)Nc2ccccc2Cl)o1. The van der Waals surface area contributed by atoms with Crippen molar-refractivity contribution in [3.8, 4) is 6.07 Å². The molecule has 1 aromatic heterocycles. The lowest BCUT2D eigenvalue weighted by Crippen LogP contribution is -2.20. The summed E-state index contributed by atoms with van der Waals surface area (Å²) in [5, 5.41) is 12.3. The highest BCUT2D eigenvalue weighted by atomic mass is 35.5. The molecule has 1 N–H and O–H groups in total. The van der Waals surface area contributed by atoms with E-state index in [0.29, 0.717) is 22.4 Å². The van der Waals surface area contributed by atoms with Crippen molar-refractivity contribution in [1.82, 2.24) is 0 Å². The van der Waals surface area contributed by atoms with Crippen LogP contribution in [0.25, 0.3) is 6.08 Å². The van der Waals surface area contributed by atoms with Crippen molar-refractivity contribution in [2.45, 2.75) is 13.8 Å². The third kappa shape index (κ3) is 4.18. The highest BCUT2D eigenvalue weighted by Gasteiger charge is 2.13. The summed E-state index contributed by atoms with van der Waals surface area (Å²) in [6.45, 7) is 5.68. The zero-order chi connectivity index (χ0) is 17.5. The highest BCUT2D eigenvalue weighted by Crippen LogP contribution is 2.23. The molecule has 0 radical (unpaired) electrons. The fourth-order valence-corrected chi connectivity index (χ4v) is 2.35. The first-order valence-corrected chi connectivity index (χ1v) is 7.99. The summed E-state index contributed by atoms with van der Waals surface area (Å²) in [7, 11) is 0. The number of anilines is 2. The molecule has 0 bridgehead atoms. The third-order valence-electron chi connectivity index (χ3n) is 3.46. The Kier molecular flexibility index (Phi) is 6.05. The van der Waals surface area contributed by atoms with E-state index in [4.69, 9.17) is 16.0 Å². The summed E-state index contributed by atoms with van der Waals surface area (Å²) in [4.78, 5) is 14.3. The number of hydrogen-bond donors (Lipinski definition) is 1. The maximum absolute atomic E-state index is 12.2. The number of hydrogen-bond acceptors (Lipinski definition) is 4. The van der Waals surface area contributed by atoms with E-state index in [2.05, 4.69) is 5.32 Å². The summed E-state index contributed by atoms with van der Waals surface area (Å²) < 4.78 is 5.68. The Morgan fingerprint density at radius 2 is 2.00 bits per heavy atom. The van der Waals surface area contributed by atoms with Crippen molar-refractivity contribution in [1.29, 1.82) is 5.26 Å². The molecule has 2 aromatic rings. The number of halogens is 1. The van der Waals surface area contributed by atoms with E-state index in [0.717, 1.165) is 13.1 Å². The predicted molar refractivity (Wildman–Crippen MR) is 95.9 cm³/mol. The lowest BCUT2D eigenvalue weighted by molar-refractivity contribution is -0.112. The van der Waals surface area contributed by atoms with Gasteiger partial charge in [0.15, 0.2) is 5.88 Å². The van der Waals surface area contributed by atoms with Crippen LogP contribution < -0.4 is 10.2 Å². The minimum absolute atomic E-state index is 0.0598. The van der Waals surface area contributed by atoms with Crippen LogP contribution in [-0.2, 0) is 4.79 Å². The highest BCUT2D eigenvalue weighted by molar-refractivity contribution is 6.34. The number of para-hydroxylation sites is 1. The summed E-state index contributed by atoms with van der Waals surface area (Å²) >= 11 is 6.01. The molecule has 0 spiro atoms. The van der Waals surface area contributed by atoms with Crippen LogP contribution in [0.4, 0.5) is 11.6 Å². The number of rotatable bonds is 6. The maximum Gasteiger partial charge on any atom is 0.266 e. The maximum atomic E-state index is 12.2. The topological polar surface area (TPSA) is 69.3 Å². The molecule has 1 aromatic carbocycles. The number of amides is 1. The van der Waals surface area contributed by atoms with E-state index in [-0.39, 0.29) is 5.57 Å². The second kappa shape index (κ2) is 8.23. The van der Waals surface area contributed by atoms with Gasteiger partial charge in [0.1, 0.15) is 17.4 Å². The van der Waals surface area contributed by atoms with E-state index in [1.807, 2.05) is 30.9 Å². The second-order valence-corrected chi connectivity index (χ2v) is 5.36. The summed E-state index contributed by atoms with van der Waals surface area (Å²) in [6, 6.07) is 12.3. The van der Waals surface area contributed by atoms with Crippen LogP contribution in [0, 0.1) is 11.3 Å².